The van der Waals surface area contributed by atoms with Gasteiger partial charge in [0, 0.05) is 9.75 Å². The minimum atomic E-state index is -0.273. The van der Waals surface area contributed by atoms with Gasteiger partial charge in [0.1, 0.15) is 5.75 Å². The van der Waals surface area contributed by atoms with Crippen molar-refractivity contribution in [1.82, 2.24) is 5.43 Å². The van der Waals surface area contributed by atoms with Gasteiger partial charge in [0.15, 0.2) is 6.61 Å². The summed E-state index contributed by atoms with van der Waals surface area (Å²) in [6.45, 7) is 7.96. The van der Waals surface area contributed by atoms with Gasteiger partial charge < -0.3 is 4.74 Å². The molecule has 1 amide bonds. The van der Waals surface area contributed by atoms with Crippen LogP contribution < -0.4 is 10.2 Å². The smallest absolute Gasteiger partial charge is 0.277 e. The van der Waals surface area contributed by atoms with Gasteiger partial charge >= 0.3 is 0 Å². The van der Waals surface area contributed by atoms with Crippen LogP contribution in [0.3, 0.4) is 0 Å². The average Bonchev–Trinajstić information content (AvgIpc) is 2.89. The first-order valence-corrected chi connectivity index (χ1v) is 7.87. The fraction of sp³-hybridized carbons (Fsp3) is 0.294. The Hall–Kier alpha value is -2.14. The van der Waals surface area contributed by atoms with E-state index in [1.165, 1.54) is 4.88 Å². The highest BCUT2D eigenvalue weighted by Crippen LogP contribution is 2.25. The van der Waals surface area contributed by atoms with Crippen LogP contribution in [0.2, 0.25) is 0 Å². The third kappa shape index (κ3) is 4.18. The average molecular weight is 316 g/mol. The maximum Gasteiger partial charge on any atom is 0.277 e. The summed E-state index contributed by atoms with van der Waals surface area (Å²) in [5.41, 5.74) is 5.70. The fourth-order valence-electron chi connectivity index (χ4n) is 2.01. The molecule has 0 radical (unpaired) electrons. The fourth-order valence-corrected chi connectivity index (χ4v) is 2.76. The van der Waals surface area contributed by atoms with Crippen molar-refractivity contribution in [1.29, 1.82) is 0 Å². The van der Waals surface area contributed by atoms with Gasteiger partial charge in [0.2, 0.25) is 0 Å². The molecular formula is C17H20N2O2S. The Bertz CT molecular complexity index is 705. The summed E-state index contributed by atoms with van der Waals surface area (Å²) in [7, 11) is 0. The maximum absolute atomic E-state index is 11.8. The second-order valence-corrected chi connectivity index (χ2v) is 6.50. The van der Waals surface area contributed by atoms with E-state index in [1.807, 2.05) is 52.0 Å². The zero-order chi connectivity index (χ0) is 16.1. The minimum Gasteiger partial charge on any atom is -0.483 e. The van der Waals surface area contributed by atoms with E-state index in [2.05, 4.69) is 10.5 Å². The third-order valence-corrected chi connectivity index (χ3v) is 4.30. The molecule has 0 saturated carbocycles. The first-order chi connectivity index (χ1) is 10.5. The Morgan fingerprint density at radius 2 is 1.91 bits per heavy atom. The number of aryl methyl sites for hydroxylation is 3. The molecule has 22 heavy (non-hydrogen) atoms. The van der Waals surface area contributed by atoms with E-state index in [0.717, 1.165) is 27.3 Å². The van der Waals surface area contributed by atoms with Crippen molar-refractivity contribution in [2.45, 2.75) is 27.7 Å². The van der Waals surface area contributed by atoms with Crippen molar-refractivity contribution in [3.8, 4) is 5.75 Å². The zero-order valence-electron chi connectivity index (χ0n) is 13.3. The van der Waals surface area contributed by atoms with Crippen LogP contribution in [0.15, 0.2) is 29.4 Å². The molecule has 0 fully saturated rings. The van der Waals surface area contributed by atoms with Gasteiger partial charge in [-0.25, -0.2) is 5.43 Å². The van der Waals surface area contributed by atoms with Crippen molar-refractivity contribution in [3.63, 3.8) is 0 Å². The number of nitrogens with one attached hydrogen (secondary N) is 1. The Morgan fingerprint density at radius 3 is 2.59 bits per heavy atom. The summed E-state index contributed by atoms with van der Waals surface area (Å²) in [5.74, 6) is 0.498. The van der Waals surface area contributed by atoms with E-state index in [0.29, 0.717) is 0 Å². The van der Waals surface area contributed by atoms with E-state index in [9.17, 15) is 4.79 Å². The van der Waals surface area contributed by atoms with Crippen LogP contribution >= 0.6 is 11.3 Å². The van der Waals surface area contributed by atoms with Crippen LogP contribution in [0, 0.1) is 27.7 Å². The minimum absolute atomic E-state index is 0.0497. The van der Waals surface area contributed by atoms with Crippen LogP contribution in [-0.4, -0.2) is 18.7 Å². The molecule has 0 aliphatic rings. The van der Waals surface area contributed by atoms with Gasteiger partial charge in [-0.1, -0.05) is 12.1 Å². The number of thiophene rings is 1. The maximum atomic E-state index is 11.8. The summed E-state index contributed by atoms with van der Waals surface area (Å²) >= 11 is 1.62. The second kappa shape index (κ2) is 7.22. The van der Waals surface area contributed by atoms with Gasteiger partial charge in [-0.3, -0.25) is 4.79 Å². The first-order valence-electron chi connectivity index (χ1n) is 7.05. The number of hydrogen-bond acceptors (Lipinski definition) is 4. The molecule has 1 aromatic carbocycles. The standard InChI is InChI=1S/C17H20N2O2S/c1-11-5-6-12(2)17(14(11)4)21-10-16(20)19-18-9-15-8-7-13(3)22-15/h5-9H,10H2,1-4H3,(H,19,20). The van der Waals surface area contributed by atoms with Gasteiger partial charge in [-0.2, -0.15) is 5.10 Å². The lowest BCUT2D eigenvalue weighted by Gasteiger charge is -2.13. The number of nitrogens with zero attached hydrogens (tertiary/aromatic N) is 1. The van der Waals surface area contributed by atoms with Crippen LogP contribution in [-0.2, 0) is 4.79 Å². The highest BCUT2D eigenvalue weighted by Gasteiger charge is 2.08. The van der Waals surface area contributed by atoms with Crippen molar-refractivity contribution in [2.24, 2.45) is 5.10 Å². The van der Waals surface area contributed by atoms with Crippen LogP contribution in [0.1, 0.15) is 26.4 Å². The molecule has 1 aromatic heterocycles. The molecule has 0 aliphatic heterocycles. The molecule has 116 valence electrons. The van der Waals surface area contributed by atoms with Crippen LogP contribution in [0.5, 0.6) is 5.75 Å². The molecule has 2 aromatic rings. The topological polar surface area (TPSA) is 50.7 Å². The van der Waals surface area contributed by atoms with E-state index in [4.69, 9.17) is 4.74 Å². The third-order valence-electron chi connectivity index (χ3n) is 3.36. The molecule has 0 aliphatic carbocycles. The monoisotopic (exact) mass is 316 g/mol. The molecule has 5 heteroatoms. The molecular weight excluding hydrogens is 296 g/mol. The van der Waals surface area contributed by atoms with Gasteiger partial charge in [-0.05, 0) is 56.5 Å². The van der Waals surface area contributed by atoms with Gasteiger partial charge in [0.25, 0.3) is 5.91 Å². The number of amides is 1. The number of carbonyl (C=O) groups excluding carboxylic acids is 1. The van der Waals surface area contributed by atoms with Gasteiger partial charge in [0.05, 0.1) is 6.21 Å². The molecule has 0 saturated heterocycles. The lowest BCUT2D eigenvalue weighted by Crippen LogP contribution is -2.25. The number of rotatable bonds is 5. The van der Waals surface area contributed by atoms with E-state index < -0.39 is 0 Å². The number of hydrazone groups is 1. The van der Waals surface area contributed by atoms with Gasteiger partial charge in [-0.15, -0.1) is 11.3 Å². The van der Waals surface area contributed by atoms with Crippen molar-refractivity contribution >= 4 is 23.5 Å². The number of carbonyl (C=O) groups is 1. The summed E-state index contributed by atoms with van der Waals surface area (Å²) in [6.07, 6.45) is 1.64. The highest BCUT2D eigenvalue weighted by molar-refractivity contribution is 7.13. The predicted molar refractivity (Wildman–Crippen MR) is 90.9 cm³/mol. The summed E-state index contributed by atoms with van der Waals surface area (Å²) in [5, 5.41) is 3.94. The molecule has 1 N–H and O–H groups in total. The van der Waals surface area contributed by atoms with E-state index in [1.54, 1.807) is 17.6 Å². The normalized spacial score (nSPS) is 10.9. The highest BCUT2D eigenvalue weighted by atomic mass is 32.1. The molecule has 1 heterocycles. The summed E-state index contributed by atoms with van der Waals surface area (Å²) < 4.78 is 5.63. The second-order valence-electron chi connectivity index (χ2n) is 5.18. The Morgan fingerprint density at radius 1 is 1.18 bits per heavy atom. The molecule has 0 atom stereocenters. The van der Waals surface area contributed by atoms with Crippen LogP contribution in [0.25, 0.3) is 0 Å². The molecule has 0 bridgehead atoms. The van der Waals surface area contributed by atoms with Crippen molar-refractivity contribution in [3.05, 3.63) is 50.7 Å². The number of ether oxygens (including phenoxy) is 1. The van der Waals surface area contributed by atoms with E-state index in [-0.39, 0.29) is 12.5 Å². The first kappa shape index (κ1) is 16.2. The quantitative estimate of drug-likeness (QED) is 0.678. The molecule has 0 spiro atoms. The number of hydrogen-bond donors (Lipinski definition) is 1. The molecule has 4 nitrogen and oxygen atoms in total. The largest absolute Gasteiger partial charge is 0.483 e. The lowest BCUT2D eigenvalue weighted by molar-refractivity contribution is -0.123. The summed E-state index contributed by atoms with van der Waals surface area (Å²) in [6, 6.07) is 8.02. The Labute approximate surface area is 134 Å². The number of benzene rings is 1. The lowest BCUT2D eigenvalue weighted by atomic mass is 10.1. The SMILES string of the molecule is Cc1ccc(C=NNC(=O)COc2c(C)ccc(C)c2C)s1. The molecule has 2 rings (SSSR count). The zero-order valence-corrected chi connectivity index (χ0v) is 14.1. The Kier molecular flexibility index (Phi) is 5.33. The Balaban J connectivity index is 1.88. The molecule has 0 unspecified atom stereocenters. The van der Waals surface area contributed by atoms with Crippen molar-refractivity contribution < 1.29 is 9.53 Å². The van der Waals surface area contributed by atoms with Crippen molar-refractivity contribution in [2.75, 3.05) is 6.61 Å². The predicted octanol–water partition coefficient (Wildman–Crippen LogP) is 3.51. The van der Waals surface area contributed by atoms with Crippen LogP contribution in [0.4, 0.5) is 0 Å². The summed E-state index contributed by atoms with van der Waals surface area (Å²) in [4.78, 5) is 14.0. The van der Waals surface area contributed by atoms with E-state index >= 15 is 0 Å².